The van der Waals surface area contributed by atoms with Crippen molar-refractivity contribution in [2.45, 2.75) is 6.92 Å². The summed E-state index contributed by atoms with van der Waals surface area (Å²) < 4.78 is 0. The highest BCUT2D eigenvalue weighted by atomic mass is 35.5. The predicted molar refractivity (Wildman–Crippen MR) is 87.8 cm³/mol. The molecule has 0 radical (unpaired) electrons. The van der Waals surface area contributed by atoms with Gasteiger partial charge in [0.25, 0.3) is 5.69 Å². The van der Waals surface area contributed by atoms with Crippen molar-refractivity contribution in [3.05, 3.63) is 57.1 Å². The molecule has 1 amide bonds. The van der Waals surface area contributed by atoms with Gasteiger partial charge >= 0.3 is 0 Å². The number of nitrogens with one attached hydrogen (secondary N) is 1. The Morgan fingerprint density at radius 3 is 2.78 bits per heavy atom. The molecule has 0 aliphatic carbocycles. The van der Waals surface area contributed by atoms with Crippen LogP contribution in [0.15, 0.2) is 41.4 Å². The molecule has 2 aromatic carbocycles. The molecule has 0 heterocycles. The van der Waals surface area contributed by atoms with Gasteiger partial charge in [-0.25, -0.2) is 0 Å². The van der Waals surface area contributed by atoms with Crippen LogP contribution in [0.4, 0.5) is 17.1 Å². The van der Waals surface area contributed by atoms with Crippen LogP contribution < -0.4 is 5.32 Å². The van der Waals surface area contributed by atoms with Crippen LogP contribution in [0.5, 0.6) is 5.75 Å². The van der Waals surface area contributed by atoms with Crippen LogP contribution in [-0.4, -0.2) is 22.2 Å². The van der Waals surface area contributed by atoms with E-state index in [4.69, 9.17) is 11.6 Å². The fourth-order valence-corrected chi connectivity index (χ4v) is 2.04. The summed E-state index contributed by atoms with van der Waals surface area (Å²) in [6.45, 7) is 1.39. The number of carbonyl (C=O) groups is 1. The molecule has 0 spiro atoms. The lowest BCUT2D eigenvalue weighted by atomic mass is 10.2. The van der Waals surface area contributed by atoms with Crippen molar-refractivity contribution in [2.75, 3.05) is 5.32 Å². The van der Waals surface area contributed by atoms with E-state index in [0.29, 0.717) is 11.4 Å². The van der Waals surface area contributed by atoms with E-state index in [9.17, 15) is 20.0 Å². The molecule has 0 atom stereocenters. The van der Waals surface area contributed by atoms with Crippen LogP contribution in [0.25, 0.3) is 0 Å². The van der Waals surface area contributed by atoms with Crippen molar-refractivity contribution in [1.82, 2.24) is 0 Å². The molecule has 0 unspecified atom stereocenters. The highest BCUT2D eigenvalue weighted by Crippen LogP contribution is 2.31. The van der Waals surface area contributed by atoms with Crippen LogP contribution in [0.1, 0.15) is 12.5 Å². The minimum atomic E-state index is -0.611. The van der Waals surface area contributed by atoms with Crippen LogP contribution in [-0.2, 0) is 4.79 Å². The minimum absolute atomic E-state index is 0.120. The number of halogens is 1. The van der Waals surface area contributed by atoms with Gasteiger partial charge in [0.1, 0.15) is 5.75 Å². The van der Waals surface area contributed by atoms with Crippen LogP contribution >= 0.6 is 11.6 Å². The lowest BCUT2D eigenvalue weighted by Crippen LogP contribution is -2.05. The maximum absolute atomic E-state index is 11.0. The Morgan fingerprint density at radius 1 is 1.39 bits per heavy atom. The van der Waals surface area contributed by atoms with Crippen molar-refractivity contribution < 1.29 is 14.8 Å². The highest BCUT2D eigenvalue weighted by molar-refractivity contribution is 6.32. The molecule has 8 heteroatoms. The van der Waals surface area contributed by atoms with Gasteiger partial charge in [-0.05, 0) is 18.2 Å². The quantitative estimate of drug-likeness (QED) is 0.506. The van der Waals surface area contributed by atoms with Crippen LogP contribution in [0, 0.1) is 10.1 Å². The van der Waals surface area contributed by atoms with E-state index in [1.54, 1.807) is 24.3 Å². The van der Waals surface area contributed by atoms with Crippen molar-refractivity contribution in [1.29, 1.82) is 0 Å². The minimum Gasteiger partial charge on any atom is -0.506 e. The van der Waals surface area contributed by atoms with Crippen LogP contribution in [0.2, 0.25) is 5.02 Å². The number of nitrogens with zero attached hydrogens (tertiary/aromatic N) is 2. The smallest absolute Gasteiger partial charge is 0.271 e. The maximum Gasteiger partial charge on any atom is 0.271 e. The van der Waals surface area contributed by atoms with E-state index in [-0.39, 0.29) is 27.9 Å². The van der Waals surface area contributed by atoms with Crippen molar-refractivity contribution in [3.8, 4) is 5.75 Å². The zero-order valence-corrected chi connectivity index (χ0v) is 12.7. The Bertz CT molecular complexity index is 805. The lowest BCUT2D eigenvalue weighted by molar-refractivity contribution is -0.384. The van der Waals surface area contributed by atoms with Gasteiger partial charge in [0.2, 0.25) is 5.91 Å². The lowest BCUT2D eigenvalue weighted by Gasteiger charge is -2.03. The molecule has 7 nitrogen and oxygen atoms in total. The van der Waals surface area contributed by atoms with Gasteiger partial charge < -0.3 is 10.4 Å². The fraction of sp³-hybridized carbons (Fsp3) is 0.0667. The maximum atomic E-state index is 11.0. The molecule has 0 bridgehead atoms. The Kier molecular flexibility index (Phi) is 4.92. The Hall–Kier alpha value is -2.93. The summed E-state index contributed by atoms with van der Waals surface area (Å²) in [5.41, 5.74) is 0.933. The molecular weight excluding hydrogens is 322 g/mol. The van der Waals surface area contributed by atoms with E-state index < -0.39 is 4.92 Å². The summed E-state index contributed by atoms with van der Waals surface area (Å²) in [4.78, 5) is 25.4. The highest BCUT2D eigenvalue weighted by Gasteiger charge is 2.13. The Balaban J connectivity index is 2.33. The number of hydrogen-bond acceptors (Lipinski definition) is 5. The largest absolute Gasteiger partial charge is 0.506 e. The molecule has 0 saturated heterocycles. The van der Waals surface area contributed by atoms with E-state index >= 15 is 0 Å². The number of aliphatic imine (C=N–C) groups is 1. The number of benzene rings is 2. The third kappa shape index (κ3) is 4.27. The first-order valence-electron chi connectivity index (χ1n) is 6.45. The number of non-ortho nitro benzene ring substituents is 1. The SMILES string of the molecule is CC(=O)Nc1cccc(N=Cc2cc([N+](=O)[O-])cc(Cl)c2O)c1. The summed E-state index contributed by atoms with van der Waals surface area (Å²) in [6, 6.07) is 8.92. The van der Waals surface area contributed by atoms with Gasteiger partial charge in [-0.1, -0.05) is 17.7 Å². The van der Waals surface area contributed by atoms with Crippen molar-refractivity contribution in [3.63, 3.8) is 0 Å². The second kappa shape index (κ2) is 6.89. The number of anilines is 1. The first-order valence-corrected chi connectivity index (χ1v) is 6.83. The molecule has 0 fully saturated rings. The summed E-state index contributed by atoms with van der Waals surface area (Å²) in [5.74, 6) is -0.506. The molecule has 0 aromatic heterocycles. The number of aromatic hydroxyl groups is 1. The second-order valence-corrected chi connectivity index (χ2v) is 5.02. The first kappa shape index (κ1) is 16.4. The number of rotatable bonds is 4. The van der Waals surface area contributed by atoms with E-state index in [1.165, 1.54) is 19.2 Å². The molecule has 23 heavy (non-hydrogen) atoms. The number of amides is 1. The number of nitro benzene ring substituents is 1. The molecule has 2 rings (SSSR count). The van der Waals surface area contributed by atoms with Crippen molar-refractivity contribution >= 4 is 40.8 Å². The molecule has 0 saturated carbocycles. The van der Waals surface area contributed by atoms with E-state index in [1.807, 2.05) is 0 Å². The Morgan fingerprint density at radius 2 is 2.13 bits per heavy atom. The summed E-state index contributed by atoms with van der Waals surface area (Å²) in [5, 5.41) is 23.2. The average Bonchev–Trinajstić information content (AvgIpc) is 2.48. The molecule has 2 N–H and O–H groups in total. The fourth-order valence-electron chi connectivity index (χ4n) is 1.82. The van der Waals surface area contributed by atoms with Gasteiger partial charge in [0, 0.05) is 36.5 Å². The van der Waals surface area contributed by atoms with Gasteiger partial charge in [0.05, 0.1) is 15.6 Å². The molecule has 118 valence electrons. The topological polar surface area (TPSA) is 105 Å². The van der Waals surface area contributed by atoms with Gasteiger partial charge in [-0.3, -0.25) is 19.9 Å². The van der Waals surface area contributed by atoms with E-state index in [0.717, 1.165) is 6.07 Å². The monoisotopic (exact) mass is 333 g/mol. The number of nitro groups is 1. The number of carbonyl (C=O) groups excluding carboxylic acids is 1. The molecule has 0 aliphatic rings. The number of hydrogen-bond donors (Lipinski definition) is 2. The molecular formula is C15H12ClN3O4. The van der Waals surface area contributed by atoms with Crippen molar-refractivity contribution in [2.24, 2.45) is 4.99 Å². The normalized spacial score (nSPS) is 10.7. The zero-order chi connectivity index (χ0) is 17.0. The molecule has 0 aliphatic heterocycles. The second-order valence-electron chi connectivity index (χ2n) is 4.61. The third-order valence-electron chi connectivity index (χ3n) is 2.81. The molecule has 2 aromatic rings. The summed E-state index contributed by atoms with van der Waals surface area (Å²) in [7, 11) is 0. The third-order valence-corrected chi connectivity index (χ3v) is 3.10. The summed E-state index contributed by atoms with van der Waals surface area (Å²) >= 11 is 5.76. The van der Waals surface area contributed by atoms with Gasteiger partial charge in [-0.2, -0.15) is 0 Å². The first-order chi connectivity index (χ1) is 10.9. The predicted octanol–water partition coefficient (Wildman–Crippen LogP) is 3.66. The zero-order valence-electron chi connectivity index (χ0n) is 12.0. The van der Waals surface area contributed by atoms with E-state index in [2.05, 4.69) is 10.3 Å². The average molecular weight is 334 g/mol. The standard InChI is InChI=1S/C15H12ClN3O4/c1-9(20)18-12-4-2-3-11(6-12)17-8-10-5-13(19(22)23)7-14(16)15(10)21/h2-8,21H,1H3,(H,18,20). The van der Waals surface area contributed by atoms with Crippen LogP contribution in [0.3, 0.4) is 0 Å². The summed E-state index contributed by atoms with van der Waals surface area (Å²) in [6.07, 6.45) is 1.26. The van der Waals surface area contributed by atoms with Gasteiger partial charge in [0.15, 0.2) is 0 Å². The van der Waals surface area contributed by atoms with Gasteiger partial charge in [-0.15, -0.1) is 0 Å². The Labute approximate surface area is 136 Å². The number of phenols is 1. The number of phenolic OH excluding ortho intramolecular Hbond substituents is 1.